The van der Waals surface area contributed by atoms with Gasteiger partial charge >= 0.3 is 0 Å². The number of aliphatic imine (C=N–C) groups is 1. The number of hydrogen-bond donors (Lipinski definition) is 1. The monoisotopic (exact) mass is 508 g/mol. The highest BCUT2D eigenvalue weighted by Gasteiger charge is 2.20. The third-order valence-electron chi connectivity index (χ3n) is 5.06. The molecule has 1 saturated heterocycles. The van der Waals surface area contributed by atoms with Crippen molar-refractivity contribution in [2.45, 2.75) is 13.0 Å². The number of aromatic nitrogens is 1. The molecule has 158 valence electrons. The number of benzene rings is 1. The van der Waals surface area contributed by atoms with Gasteiger partial charge in [0.05, 0.1) is 0 Å². The second-order valence-electron chi connectivity index (χ2n) is 7.21. The molecule has 1 N–H and O–H groups in total. The Morgan fingerprint density at radius 2 is 1.79 bits per heavy atom. The standard InChI is InChI=1S/C22H32N6.HI/c1-23-22(25-13-8-14-26(2)19-20-9-4-3-5-10-20)28-17-15-27(16-18-28)21-11-6-7-12-24-21;/h3-7,9-12H,8,13-19H2,1-2H3,(H,23,25);1H. The van der Waals surface area contributed by atoms with Crippen LogP contribution in [-0.4, -0.2) is 74.1 Å². The zero-order valence-electron chi connectivity index (χ0n) is 17.5. The Kier molecular flexibility index (Phi) is 10.2. The molecule has 1 aromatic heterocycles. The van der Waals surface area contributed by atoms with Crippen LogP contribution in [0.2, 0.25) is 0 Å². The molecule has 1 aromatic carbocycles. The van der Waals surface area contributed by atoms with E-state index in [4.69, 9.17) is 0 Å². The van der Waals surface area contributed by atoms with Gasteiger partial charge in [-0.15, -0.1) is 24.0 Å². The lowest BCUT2D eigenvalue weighted by Gasteiger charge is -2.37. The molecule has 0 amide bonds. The normalized spacial score (nSPS) is 14.7. The fourth-order valence-corrected chi connectivity index (χ4v) is 3.54. The van der Waals surface area contributed by atoms with E-state index in [0.717, 1.165) is 64.0 Å². The number of anilines is 1. The quantitative estimate of drug-likeness (QED) is 0.270. The highest BCUT2D eigenvalue weighted by atomic mass is 127. The highest BCUT2D eigenvalue weighted by molar-refractivity contribution is 14.0. The Bertz CT molecular complexity index is 717. The van der Waals surface area contributed by atoms with Gasteiger partial charge in [-0.05, 0) is 37.7 Å². The van der Waals surface area contributed by atoms with E-state index >= 15 is 0 Å². The third-order valence-corrected chi connectivity index (χ3v) is 5.06. The van der Waals surface area contributed by atoms with Gasteiger partial charge in [0.1, 0.15) is 5.82 Å². The number of halogens is 1. The van der Waals surface area contributed by atoms with Gasteiger partial charge in [0.25, 0.3) is 0 Å². The SMILES string of the molecule is CN=C(NCCCN(C)Cc1ccccc1)N1CCN(c2ccccn2)CC1.I. The van der Waals surface area contributed by atoms with E-state index < -0.39 is 0 Å². The summed E-state index contributed by atoms with van der Waals surface area (Å²) in [5, 5.41) is 3.53. The van der Waals surface area contributed by atoms with E-state index in [1.165, 1.54) is 5.56 Å². The van der Waals surface area contributed by atoms with Crippen molar-refractivity contribution in [3.8, 4) is 0 Å². The van der Waals surface area contributed by atoms with E-state index in [1.54, 1.807) is 0 Å². The first kappa shape index (κ1) is 23.4. The molecule has 1 aliphatic heterocycles. The number of rotatable bonds is 7. The van der Waals surface area contributed by atoms with Crippen LogP contribution in [0.5, 0.6) is 0 Å². The summed E-state index contributed by atoms with van der Waals surface area (Å²) in [6.07, 6.45) is 2.95. The predicted molar refractivity (Wildman–Crippen MR) is 132 cm³/mol. The topological polar surface area (TPSA) is 47.0 Å². The molecule has 3 rings (SSSR count). The molecular formula is C22H33IN6. The van der Waals surface area contributed by atoms with Crippen LogP contribution in [0, 0.1) is 0 Å². The summed E-state index contributed by atoms with van der Waals surface area (Å²) in [5.41, 5.74) is 1.36. The third kappa shape index (κ3) is 7.47. The van der Waals surface area contributed by atoms with Crippen molar-refractivity contribution in [2.24, 2.45) is 4.99 Å². The van der Waals surface area contributed by atoms with Crippen molar-refractivity contribution in [2.75, 3.05) is 58.3 Å². The van der Waals surface area contributed by atoms with E-state index in [0.29, 0.717) is 0 Å². The Hall–Kier alpha value is -1.87. The van der Waals surface area contributed by atoms with Gasteiger partial charge in [-0.2, -0.15) is 0 Å². The molecule has 0 bridgehead atoms. The van der Waals surface area contributed by atoms with E-state index in [1.807, 2.05) is 25.4 Å². The molecule has 0 unspecified atom stereocenters. The molecule has 0 aliphatic carbocycles. The number of nitrogens with one attached hydrogen (secondary N) is 1. The molecule has 0 saturated carbocycles. The van der Waals surface area contributed by atoms with Crippen LogP contribution in [0.4, 0.5) is 5.82 Å². The van der Waals surface area contributed by atoms with Crippen molar-refractivity contribution in [3.05, 3.63) is 60.3 Å². The maximum Gasteiger partial charge on any atom is 0.193 e. The van der Waals surface area contributed by atoms with Crippen LogP contribution >= 0.6 is 24.0 Å². The lowest BCUT2D eigenvalue weighted by atomic mass is 10.2. The van der Waals surface area contributed by atoms with Crippen molar-refractivity contribution < 1.29 is 0 Å². The predicted octanol–water partition coefficient (Wildman–Crippen LogP) is 2.92. The Morgan fingerprint density at radius 1 is 1.07 bits per heavy atom. The average molecular weight is 508 g/mol. The zero-order valence-corrected chi connectivity index (χ0v) is 19.8. The number of guanidine groups is 1. The molecule has 1 aliphatic rings. The maximum absolute atomic E-state index is 4.48. The van der Waals surface area contributed by atoms with Gasteiger partial charge in [0, 0.05) is 52.5 Å². The molecular weight excluding hydrogens is 475 g/mol. The minimum atomic E-state index is 0. The van der Waals surface area contributed by atoms with Crippen LogP contribution < -0.4 is 10.2 Å². The fraction of sp³-hybridized carbons (Fsp3) is 0.455. The Balaban J connectivity index is 0.00000300. The summed E-state index contributed by atoms with van der Waals surface area (Å²) in [6, 6.07) is 16.7. The highest BCUT2D eigenvalue weighted by Crippen LogP contribution is 2.12. The van der Waals surface area contributed by atoms with Crippen molar-refractivity contribution in [1.82, 2.24) is 20.1 Å². The van der Waals surface area contributed by atoms with E-state index in [-0.39, 0.29) is 24.0 Å². The largest absolute Gasteiger partial charge is 0.356 e. The maximum atomic E-state index is 4.48. The minimum Gasteiger partial charge on any atom is -0.356 e. The van der Waals surface area contributed by atoms with Crippen molar-refractivity contribution in [1.29, 1.82) is 0 Å². The van der Waals surface area contributed by atoms with Crippen LogP contribution in [-0.2, 0) is 6.54 Å². The first-order chi connectivity index (χ1) is 13.8. The number of pyridine rings is 1. The molecule has 0 spiro atoms. The molecule has 0 atom stereocenters. The van der Waals surface area contributed by atoms with E-state index in [9.17, 15) is 0 Å². The summed E-state index contributed by atoms with van der Waals surface area (Å²) < 4.78 is 0. The number of hydrogen-bond acceptors (Lipinski definition) is 4. The first-order valence-electron chi connectivity index (χ1n) is 10.1. The summed E-state index contributed by atoms with van der Waals surface area (Å²) in [5.74, 6) is 2.07. The smallest absolute Gasteiger partial charge is 0.193 e. The van der Waals surface area contributed by atoms with Crippen LogP contribution in [0.1, 0.15) is 12.0 Å². The summed E-state index contributed by atoms with van der Waals surface area (Å²) in [4.78, 5) is 16.0. The fourth-order valence-electron chi connectivity index (χ4n) is 3.54. The molecule has 0 radical (unpaired) electrons. The molecule has 7 heteroatoms. The van der Waals surface area contributed by atoms with Gasteiger partial charge in [-0.1, -0.05) is 36.4 Å². The molecule has 6 nitrogen and oxygen atoms in total. The Morgan fingerprint density at radius 3 is 2.45 bits per heavy atom. The molecule has 1 fully saturated rings. The molecule has 29 heavy (non-hydrogen) atoms. The van der Waals surface area contributed by atoms with Gasteiger partial charge in [-0.25, -0.2) is 4.98 Å². The minimum absolute atomic E-state index is 0. The van der Waals surface area contributed by atoms with Gasteiger partial charge in [0.15, 0.2) is 5.96 Å². The zero-order chi connectivity index (χ0) is 19.6. The van der Waals surface area contributed by atoms with Crippen LogP contribution in [0.15, 0.2) is 59.7 Å². The van der Waals surface area contributed by atoms with Crippen LogP contribution in [0.3, 0.4) is 0 Å². The van der Waals surface area contributed by atoms with E-state index in [2.05, 4.69) is 73.4 Å². The number of nitrogens with zero attached hydrogens (tertiary/aromatic N) is 5. The lowest BCUT2D eigenvalue weighted by molar-refractivity contribution is 0.320. The summed E-state index contributed by atoms with van der Waals surface area (Å²) in [6.45, 7) is 6.85. The lowest BCUT2D eigenvalue weighted by Crippen LogP contribution is -2.53. The average Bonchev–Trinajstić information content (AvgIpc) is 2.75. The van der Waals surface area contributed by atoms with Gasteiger partial charge in [0.2, 0.25) is 0 Å². The Labute approximate surface area is 192 Å². The van der Waals surface area contributed by atoms with Gasteiger partial charge < -0.3 is 20.0 Å². The number of piperazine rings is 1. The summed E-state index contributed by atoms with van der Waals surface area (Å²) in [7, 11) is 4.05. The molecule has 2 heterocycles. The second-order valence-corrected chi connectivity index (χ2v) is 7.21. The van der Waals surface area contributed by atoms with Crippen molar-refractivity contribution >= 4 is 35.8 Å². The summed E-state index contributed by atoms with van der Waals surface area (Å²) >= 11 is 0. The van der Waals surface area contributed by atoms with Crippen molar-refractivity contribution in [3.63, 3.8) is 0 Å². The van der Waals surface area contributed by atoms with Crippen LogP contribution in [0.25, 0.3) is 0 Å². The van der Waals surface area contributed by atoms with Gasteiger partial charge in [-0.3, -0.25) is 4.99 Å². The molecule has 2 aromatic rings. The second kappa shape index (κ2) is 12.6. The first-order valence-corrected chi connectivity index (χ1v) is 10.1.